The minimum atomic E-state index is -0.0663. The number of halogens is 2. The van der Waals surface area contributed by atoms with E-state index in [0.717, 1.165) is 21.5 Å². The molecule has 24 heavy (non-hydrogen) atoms. The SMILES string of the molecule is C=CCOc1ccc([C@H]2SCC(=O)N2c2ccc(Cl)cc2)cc1Br. The summed E-state index contributed by atoms with van der Waals surface area (Å²) < 4.78 is 6.44. The van der Waals surface area contributed by atoms with E-state index in [-0.39, 0.29) is 11.3 Å². The molecule has 2 aromatic rings. The van der Waals surface area contributed by atoms with Crippen molar-refractivity contribution < 1.29 is 9.53 Å². The Morgan fingerprint density at radius 3 is 2.75 bits per heavy atom. The van der Waals surface area contributed by atoms with Crippen LogP contribution in [0.4, 0.5) is 5.69 Å². The maximum absolute atomic E-state index is 12.4. The van der Waals surface area contributed by atoms with Crippen molar-refractivity contribution in [2.24, 2.45) is 0 Å². The van der Waals surface area contributed by atoms with Gasteiger partial charge in [-0.05, 0) is 57.9 Å². The summed E-state index contributed by atoms with van der Waals surface area (Å²) in [6.07, 6.45) is 1.70. The molecule has 2 aromatic carbocycles. The van der Waals surface area contributed by atoms with Crippen LogP contribution in [0.1, 0.15) is 10.9 Å². The first kappa shape index (κ1) is 17.4. The number of hydrogen-bond donors (Lipinski definition) is 0. The molecule has 1 aliphatic rings. The highest BCUT2D eigenvalue weighted by molar-refractivity contribution is 9.10. The molecule has 0 radical (unpaired) electrons. The molecule has 3 rings (SSSR count). The van der Waals surface area contributed by atoms with E-state index in [4.69, 9.17) is 16.3 Å². The molecule has 0 bridgehead atoms. The van der Waals surface area contributed by atoms with Gasteiger partial charge in [-0.2, -0.15) is 0 Å². The van der Waals surface area contributed by atoms with Gasteiger partial charge in [-0.15, -0.1) is 11.8 Å². The molecule has 0 saturated carbocycles. The number of rotatable bonds is 5. The van der Waals surface area contributed by atoms with Gasteiger partial charge in [0, 0.05) is 10.7 Å². The number of thioether (sulfide) groups is 1. The smallest absolute Gasteiger partial charge is 0.238 e. The summed E-state index contributed by atoms with van der Waals surface area (Å²) in [6.45, 7) is 4.10. The Bertz CT molecular complexity index is 766. The highest BCUT2D eigenvalue weighted by Gasteiger charge is 2.34. The van der Waals surface area contributed by atoms with Crippen LogP contribution in [0.2, 0.25) is 5.02 Å². The van der Waals surface area contributed by atoms with Crippen molar-refractivity contribution in [3.8, 4) is 5.75 Å². The number of benzene rings is 2. The summed E-state index contributed by atoms with van der Waals surface area (Å²) in [5.41, 5.74) is 1.89. The number of amides is 1. The van der Waals surface area contributed by atoms with Crippen molar-refractivity contribution in [2.45, 2.75) is 5.37 Å². The molecule has 1 fully saturated rings. The number of anilines is 1. The molecule has 1 heterocycles. The number of nitrogens with zero attached hydrogens (tertiary/aromatic N) is 1. The predicted octanol–water partition coefficient (Wildman–Crippen LogP) is 5.45. The normalized spacial score (nSPS) is 17.2. The van der Waals surface area contributed by atoms with Crippen LogP contribution >= 0.6 is 39.3 Å². The summed E-state index contributed by atoms with van der Waals surface area (Å²) >= 11 is 11.1. The summed E-state index contributed by atoms with van der Waals surface area (Å²) in [4.78, 5) is 14.2. The third-order valence-corrected chi connectivity index (χ3v) is 5.65. The van der Waals surface area contributed by atoms with E-state index >= 15 is 0 Å². The summed E-state index contributed by atoms with van der Waals surface area (Å²) in [6, 6.07) is 13.2. The number of ether oxygens (including phenoxy) is 1. The van der Waals surface area contributed by atoms with Crippen LogP contribution in [0, 0.1) is 0 Å². The Morgan fingerprint density at radius 2 is 2.08 bits per heavy atom. The second-order valence-corrected chi connectivity index (χ2v) is 7.55. The number of carbonyl (C=O) groups excluding carboxylic acids is 1. The van der Waals surface area contributed by atoms with Gasteiger partial charge in [-0.25, -0.2) is 0 Å². The van der Waals surface area contributed by atoms with Gasteiger partial charge in [-0.3, -0.25) is 9.69 Å². The van der Waals surface area contributed by atoms with E-state index in [1.807, 2.05) is 35.2 Å². The lowest BCUT2D eigenvalue weighted by Gasteiger charge is -2.25. The quantitative estimate of drug-likeness (QED) is 0.598. The van der Waals surface area contributed by atoms with E-state index in [1.54, 1.807) is 30.0 Å². The molecule has 0 unspecified atom stereocenters. The topological polar surface area (TPSA) is 29.5 Å². The van der Waals surface area contributed by atoms with Crippen LogP contribution in [0.5, 0.6) is 5.75 Å². The molecule has 3 nitrogen and oxygen atoms in total. The summed E-state index contributed by atoms with van der Waals surface area (Å²) in [7, 11) is 0. The number of carbonyl (C=O) groups is 1. The van der Waals surface area contributed by atoms with Crippen LogP contribution in [0.15, 0.2) is 59.6 Å². The molecular weight excluding hydrogens is 410 g/mol. The Labute approximate surface area is 158 Å². The predicted molar refractivity (Wildman–Crippen MR) is 104 cm³/mol. The van der Waals surface area contributed by atoms with Crippen LogP contribution in [0.25, 0.3) is 0 Å². The van der Waals surface area contributed by atoms with Crippen molar-refractivity contribution in [3.05, 3.63) is 70.2 Å². The van der Waals surface area contributed by atoms with Crippen molar-refractivity contribution in [3.63, 3.8) is 0 Å². The first-order valence-corrected chi connectivity index (χ1v) is 9.54. The second-order valence-electron chi connectivity index (χ2n) is 5.19. The zero-order chi connectivity index (χ0) is 17.1. The minimum absolute atomic E-state index is 0.0663. The lowest BCUT2D eigenvalue weighted by molar-refractivity contribution is -0.115. The average molecular weight is 425 g/mol. The first-order chi connectivity index (χ1) is 11.6. The van der Waals surface area contributed by atoms with Gasteiger partial charge < -0.3 is 4.74 Å². The van der Waals surface area contributed by atoms with Gasteiger partial charge in [0.2, 0.25) is 5.91 Å². The lowest BCUT2D eigenvalue weighted by Crippen LogP contribution is -2.27. The lowest BCUT2D eigenvalue weighted by atomic mass is 10.2. The molecule has 1 saturated heterocycles. The van der Waals surface area contributed by atoms with Gasteiger partial charge in [0.1, 0.15) is 17.7 Å². The monoisotopic (exact) mass is 423 g/mol. The highest BCUT2D eigenvalue weighted by atomic mass is 79.9. The molecule has 0 spiro atoms. The maximum atomic E-state index is 12.4. The van der Waals surface area contributed by atoms with Crippen molar-refractivity contribution in [1.29, 1.82) is 0 Å². The Balaban J connectivity index is 1.89. The molecule has 0 aromatic heterocycles. The van der Waals surface area contributed by atoms with Gasteiger partial charge in [0.05, 0.1) is 10.2 Å². The Kier molecular flexibility index (Phi) is 5.54. The van der Waals surface area contributed by atoms with Crippen LogP contribution in [-0.4, -0.2) is 18.3 Å². The molecule has 1 atom stereocenters. The second kappa shape index (κ2) is 7.64. The Hall–Kier alpha value is -1.43. The zero-order valence-electron chi connectivity index (χ0n) is 12.7. The standard InChI is InChI=1S/C18H15BrClNO2S/c1-2-9-23-16-8-3-12(10-15(16)19)18-21(17(22)11-24-18)14-6-4-13(20)5-7-14/h2-8,10,18H,1,9,11H2/t18-/m1/s1. The Morgan fingerprint density at radius 1 is 1.33 bits per heavy atom. The fourth-order valence-corrected chi connectivity index (χ4v) is 4.29. The summed E-state index contributed by atoms with van der Waals surface area (Å²) in [5, 5.41) is 0.587. The maximum Gasteiger partial charge on any atom is 0.238 e. The molecule has 6 heteroatoms. The molecule has 124 valence electrons. The average Bonchev–Trinajstić information content (AvgIpc) is 2.96. The fraction of sp³-hybridized carbons (Fsp3) is 0.167. The van der Waals surface area contributed by atoms with Crippen LogP contribution in [-0.2, 0) is 4.79 Å². The van der Waals surface area contributed by atoms with Crippen LogP contribution in [0.3, 0.4) is 0 Å². The summed E-state index contributed by atoms with van der Waals surface area (Å²) in [5.74, 6) is 1.31. The van der Waals surface area contributed by atoms with Crippen molar-refractivity contribution in [1.82, 2.24) is 0 Å². The highest BCUT2D eigenvalue weighted by Crippen LogP contribution is 2.43. The van der Waals surface area contributed by atoms with Gasteiger partial charge in [0.15, 0.2) is 0 Å². The third kappa shape index (κ3) is 3.63. The van der Waals surface area contributed by atoms with Gasteiger partial charge in [-0.1, -0.05) is 30.3 Å². The molecular formula is C18H15BrClNO2S. The van der Waals surface area contributed by atoms with E-state index in [2.05, 4.69) is 22.5 Å². The third-order valence-electron chi connectivity index (χ3n) is 3.57. The van der Waals surface area contributed by atoms with Crippen LogP contribution < -0.4 is 9.64 Å². The van der Waals surface area contributed by atoms with E-state index < -0.39 is 0 Å². The van der Waals surface area contributed by atoms with Crippen molar-refractivity contribution in [2.75, 3.05) is 17.3 Å². The van der Waals surface area contributed by atoms with E-state index in [0.29, 0.717) is 17.4 Å². The van der Waals surface area contributed by atoms with Gasteiger partial charge >= 0.3 is 0 Å². The van der Waals surface area contributed by atoms with Gasteiger partial charge in [0.25, 0.3) is 0 Å². The largest absolute Gasteiger partial charge is 0.488 e. The first-order valence-electron chi connectivity index (χ1n) is 7.32. The molecule has 1 amide bonds. The zero-order valence-corrected chi connectivity index (χ0v) is 15.9. The number of hydrogen-bond acceptors (Lipinski definition) is 3. The fourth-order valence-electron chi connectivity index (χ4n) is 2.49. The molecule has 1 aliphatic heterocycles. The van der Waals surface area contributed by atoms with E-state index in [1.165, 1.54) is 0 Å². The minimum Gasteiger partial charge on any atom is -0.488 e. The molecule has 0 aliphatic carbocycles. The van der Waals surface area contributed by atoms with E-state index in [9.17, 15) is 4.79 Å². The van der Waals surface area contributed by atoms with Crippen molar-refractivity contribution >= 4 is 50.9 Å². The molecule has 0 N–H and O–H groups in total.